The summed E-state index contributed by atoms with van der Waals surface area (Å²) in [5.74, 6) is -0.203. The Labute approximate surface area is 127 Å². The minimum Gasteiger partial charge on any atom is -0.353 e. The van der Waals surface area contributed by atoms with Gasteiger partial charge < -0.3 is 10.6 Å². The third-order valence-electron chi connectivity index (χ3n) is 4.46. The Morgan fingerprint density at radius 2 is 1.91 bits per heavy atom. The number of rotatable bonds is 3. The Balaban J connectivity index is 1.58. The summed E-state index contributed by atoms with van der Waals surface area (Å²) in [5, 5.41) is 6.46. The summed E-state index contributed by atoms with van der Waals surface area (Å²) in [6, 6.07) is 6.04. The summed E-state index contributed by atoms with van der Waals surface area (Å²) in [6.45, 7) is 0. The fourth-order valence-electron chi connectivity index (χ4n) is 3.50. The summed E-state index contributed by atoms with van der Waals surface area (Å²) in [4.78, 5) is 12.1. The fourth-order valence-corrected chi connectivity index (χ4v) is 3.50. The Hall–Kier alpha value is -1.56. The minimum absolute atomic E-state index is 0.0107. The number of benzene rings is 1. The molecule has 2 aliphatic heterocycles. The maximum absolute atomic E-state index is 12.7. The van der Waals surface area contributed by atoms with Gasteiger partial charge in [-0.25, -0.2) is 0 Å². The van der Waals surface area contributed by atoms with E-state index >= 15 is 0 Å². The molecule has 2 N–H and O–H groups in total. The van der Waals surface area contributed by atoms with Crippen LogP contribution >= 0.6 is 0 Å². The molecule has 1 amide bonds. The molecule has 2 fully saturated rings. The predicted molar refractivity (Wildman–Crippen MR) is 76.3 cm³/mol. The number of carbonyl (C=O) groups is 1. The number of halogens is 3. The Bertz CT molecular complexity index is 547. The van der Waals surface area contributed by atoms with Gasteiger partial charge in [0.15, 0.2) is 0 Å². The molecule has 2 saturated heterocycles. The second kappa shape index (κ2) is 5.91. The van der Waals surface area contributed by atoms with Gasteiger partial charge in [0.25, 0.3) is 0 Å². The van der Waals surface area contributed by atoms with Crippen molar-refractivity contribution in [3.8, 4) is 0 Å². The van der Waals surface area contributed by atoms with Gasteiger partial charge in [0.05, 0.1) is 12.0 Å². The van der Waals surface area contributed by atoms with E-state index in [0.29, 0.717) is 17.6 Å². The van der Waals surface area contributed by atoms with Crippen LogP contribution in [0.3, 0.4) is 0 Å². The van der Waals surface area contributed by atoms with E-state index in [0.717, 1.165) is 37.8 Å². The number of fused-ring (bicyclic) bond motifs is 2. The van der Waals surface area contributed by atoms with Crippen LogP contribution in [0.2, 0.25) is 0 Å². The van der Waals surface area contributed by atoms with Crippen LogP contribution in [0, 0.1) is 0 Å². The lowest BCUT2D eigenvalue weighted by molar-refractivity contribution is -0.137. The molecule has 1 aromatic carbocycles. The van der Waals surface area contributed by atoms with Gasteiger partial charge in [-0.15, -0.1) is 0 Å². The van der Waals surface area contributed by atoms with Gasteiger partial charge in [0.1, 0.15) is 0 Å². The van der Waals surface area contributed by atoms with Crippen molar-refractivity contribution < 1.29 is 18.0 Å². The van der Waals surface area contributed by atoms with Crippen LogP contribution in [0.15, 0.2) is 24.3 Å². The standard InChI is InChI=1S/C16H19F3N2O/c17-16(18,19)11-3-1-2-10(6-11)7-15(22)21-14-8-12-4-5-13(9-14)20-12/h1-3,6,12-14,20H,4-5,7-9H2,(H,21,22). The number of piperidine rings is 1. The topological polar surface area (TPSA) is 41.1 Å². The van der Waals surface area contributed by atoms with E-state index in [1.54, 1.807) is 6.07 Å². The van der Waals surface area contributed by atoms with E-state index < -0.39 is 11.7 Å². The zero-order chi connectivity index (χ0) is 15.7. The molecule has 0 saturated carbocycles. The summed E-state index contributed by atoms with van der Waals surface area (Å²) in [6.07, 6.45) is -0.283. The van der Waals surface area contributed by atoms with E-state index in [9.17, 15) is 18.0 Å². The highest BCUT2D eigenvalue weighted by atomic mass is 19.4. The van der Waals surface area contributed by atoms with Crippen molar-refractivity contribution in [1.29, 1.82) is 0 Å². The first-order valence-electron chi connectivity index (χ1n) is 7.62. The van der Waals surface area contributed by atoms with Gasteiger partial charge in [0.2, 0.25) is 5.91 Å². The zero-order valence-electron chi connectivity index (χ0n) is 12.1. The maximum Gasteiger partial charge on any atom is 0.416 e. The highest BCUT2D eigenvalue weighted by Crippen LogP contribution is 2.30. The van der Waals surface area contributed by atoms with E-state index in [1.807, 2.05) is 0 Å². The molecule has 0 radical (unpaired) electrons. The molecule has 3 rings (SSSR count). The average Bonchev–Trinajstić information content (AvgIpc) is 2.77. The second-order valence-corrected chi connectivity index (χ2v) is 6.25. The van der Waals surface area contributed by atoms with E-state index in [-0.39, 0.29) is 18.4 Å². The molecule has 2 bridgehead atoms. The molecule has 2 unspecified atom stereocenters. The molecule has 0 aliphatic carbocycles. The van der Waals surface area contributed by atoms with Crippen LogP contribution in [-0.4, -0.2) is 24.0 Å². The monoisotopic (exact) mass is 312 g/mol. The highest BCUT2D eigenvalue weighted by Gasteiger charge is 2.34. The van der Waals surface area contributed by atoms with Crippen molar-refractivity contribution >= 4 is 5.91 Å². The van der Waals surface area contributed by atoms with Gasteiger partial charge in [0, 0.05) is 18.1 Å². The number of carbonyl (C=O) groups excluding carboxylic acids is 1. The first kappa shape index (κ1) is 15.3. The first-order chi connectivity index (χ1) is 10.4. The van der Waals surface area contributed by atoms with Crippen molar-refractivity contribution in [1.82, 2.24) is 10.6 Å². The van der Waals surface area contributed by atoms with E-state index in [1.165, 1.54) is 6.07 Å². The normalized spacial score (nSPS) is 27.7. The summed E-state index contributed by atoms with van der Waals surface area (Å²) < 4.78 is 38.0. The van der Waals surface area contributed by atoms with Crippen LogP contribution in [0.5, 0.6) is 0 Å². The fraction of sp³-hybridized carbons (Fsp3) is 0.562. The number of hydrogen-bond acceptors (Lipinski definition) is 2. The third kappa shape index (κ3) is 3.61. The van der Waals surface area contributed by atoms with Crippen molar-refractivity contribution in [3.63, 3.8) is 0 Å². The van der Waals surface area contributed by atoms with Crippen molar-refractivity contribution in [2.24, 2.45) is 0 Å². The molecular weight excluding hydrogens is 293 g/mol. The number of nitrogens with one attached hydrogen (secondary N) is 2. The van der Waals surface area contributed by atoms with Crippen LogP contribution in [0.1, 0.15) is 36.8 Å². The lowest BCUT2D eigenvalue weighted by atomic mass is 9.99. The lowest BCUT2D eigenvalue weighted by Gasteiger charge is -2.29. The highest BCUT2D eigenvalue weighted by molar-refractivity contribution is 5.79. The molecular formula is C16H19F3N2O. The molecule has 6 heteroatoms. The quantitative estimate of drug-likeness (QED) is 0.901. The number of amides is 1. The Morgan fingerprint density at radius 3 is 2.55 bits per heavy atom. The molecule has 2 atom stereocenters. The third-order valence-corrected chi connectivity index (χ3v) is 4.46. The molecule has 120 valence electrons. The maximum atomic E-state index is 12.7. The second-order valence-electron chi connectivity index (χ2n) is 6.25. The van der Waals surface area contributed by atoms with Crippen LogP contribution < -0.4 is 10.6 Å². The molecule has 0 aromatic heterocycles. The van der Waals surface area contributed by atoms with Crippen LogP contribution in [0.25, 0.3) is 0 Å². The number of hydrogen-bond donors (Lipinski definition) is 2. The molecule has 2 aliphatic rings. The molecule has 2 heterocycles. The van der Waals surface area contributed by atoms with Gasteiger partial charge in [-0.3, -0.25) is 4.79 Å². The van der Waals surface area contributed by atoms with E-state index in [4.69, 9.17) is 0 Å². The summed E-state index contributed by atoms with van der Waals surface area (Å²) >= 11 is 0. The van der Waals surface area contributed by atoms with Crippen molar-refractivity contribution in [2.45, 2.75) is 56.4 Å². The predicted octanol–water partition coefficient (Wildman–Crippen LogP) is 2.65. The van der Waals surface area contributed by atoms with E-state index in [2.05, 4.69) is 10.6 Å². The number of alkyl halides is 3. The largest absolute Gasteiger partial charge is 0.416 e. The van der Waals surface area contributed by atoms with Gasteiger partial charge in [-0.2, -0.15) is 13.2 Å². The van der Waals surface area contributed by atoms with Crippen LogP contribution in [0.4, 0.5) is 13.2 Å². The lowest BCUT2D eigenvalue weighted by Crippen LogP contribution is -2.48. The zero-order valence-corrected chi connectivity index (χ0v) is 12.1. The SMILES string of the molecule is O=C(Cc1cccc(C(F)(F)F)c1)NC1CC2CCC(C1)N2. The molecule has 3 nitrogen and oxygen atoms in total. The van der Waals surface area contributed by atoms with Gasteiger partial charge in [-0.1, -0.05) is 18.2 Å². The molecule has 0 spiro atoms. The van der Waals surface area contributed by atoms with Gasteiger partial charge in [-0.05, 0) is 37.3 Å². The van der Waals surface area contributed by atoms with Crippen molar-refractivity contribution in [2.75, 3.05) is 0 Å². The minimum atomic E-state index is -4.37. The summed E-state index contributed by atoms with van der Waals surface area (Å²) in [5.41, 5.74) is -0.318. The van der Waals surface area contributed by atoms with Gasteiger partial charge >= 0.3 is 6.18 Å². The summed E-state index contributed by atoms with van der Waals surface area (Å²) in [7, 11) is 0. The van der Waals surface area contributed by atoms with Crippen molar-refractivity contribution in [3.05, 3.63) is 35.4 Å². The average molecular weight is 312 g/mol. The Morgan fingerprint density at radius 1 is 1.23 bits per heavy atom. The Kier molecular flexibility index (Phi) is 4.12. The first-order valence-corrected chi connectivity index (χ1v) is 7.62. The molecule has 1 aromatic rings. The smallest absolute Gasteiger partial charge is 0.353 e. The molecule has 22 heavy (non-hydrogen) atoms. The van der Waals surface area contributed by atoms with Crippen LogP contribution in [-0.2, 0) is 17.4 Å².